The van der Waals surface area contributed by atoms with E-state index in [0.29, 0.717) is 6.04 Å². The molecule has 1 atom stereocenters. The van der Waals surface area contributed by atoms with Crippen molar-refractivity contribution < 1.29 is 0 Å². The van der Waals surface area contributed by atoms with Gasteiger partial charge in [0, 0.05) is 17.8 Å². The lowest BCUT2D eigenvalue weighted by Crippen LogP contribution is -2.37. The van der Waals surface area contributed by atoms with E-state index in [-0.39, 0.29) is 0 Å². The summed E-state index contributed by atoms with van der Waals surface area (Å²) in [4.78, 5) is 4.62. The van der Waals surface area contributed by atoms with Crippen molar-refractivity contribution >= 4 is 11.3 Å². The smallest absolute Gasteiger partial charge is 0.0897 e. The number of hydrogen-bond acceptors (Lipinski definition) is 3. The van der Waals surface area contributed by atoms with Gasteiger partial charge in [0.1, 0.15) is 0 Å². The Morgan fingerprint density at radius 2 is 2.11 bits per heavy atom. The van der Waals surface area contributed by atoms with Gasteiger partial charge in [0.05, 0.1) is 10.7 Å². The lowest BCUT2D eigenvalue weighted by molar-refractivity contribution is 0.217. The highest BCUT2D eigenvalue weighted by molar-refractivity contribution is 7.09. The van der Waals surface area contributed by atoms with Gasteiger partial charge in [0.15, 0.2) is 0 Å². The molecule has 0 saturated heterocycles. The molecule has 1 aromatic heterocycles. The Kier molecular flexibility index (Phi) is 5.83. The van der Waals surface area contributed by atoms with E-state index in [1.54, 1.807) is 11.3 Å². The Morgan fingerprint density at radius 3 is 2.63 bits per heavy atom. The summed E-state index contributed by atoms with van der Waals surface area (Å²) >= 11 is 1.77. The molecule has 0 bridgehead atoms. The molecule has 1 aliphatic rings. The van der Waals surface area contributed by atoms with Crippen LogP contribution in [-0.4, -0.2) is 18.1 Å². The molecule has 2 nitrogen and oxygen atoms in total. The largest absolute Gasteiger partial charge is 0.316 e. The van der Waals surface area contributed by atoms with E-state index < -0.39 is 0 Å². The van der Waals surface area contributed by atoms with Crippen LogP contribution in [0.3, 0.4) is 0 Å². The number of hydrogen-bond donors (Lipinski definition) is 1. The van der Waals surface area contributed by atoms with E-state index >= 15 is 0 Å². The topological polar surface area (TPSA) is 24.9 Å². The van der Waals surface area contributed by atoms with E-state index in [0.717, 1.165) is 18.3 Å². The summed E-state index contributed by atoms with van der Waals surface area (Å²) in [6, 6.07) is 0.615. The van der Waals surface area contributed by atoms with Gasteiger partial charge in [0.2, 0.25) is 0 Å². The molecule has 1 saturated carbocycles. The summed E-state index contributed by atoms with van der Waals surface area (Å²) in [5.41, 5.74) is 1.28. The maximum atomic E-state index is 4.62. The summed E-state index contributed by atoms with van der Waals surface area (Å²) in [5.74, 6) is 1.85. The molecule has 19 heavy (non-hydrogen) atoms. The maximum absolute atomic E-state index is 4.62. The number of nitrogens with one attached hydrogen (secondary N) is 1. The molecule has 0 amide bonds. The fourth-order valence-corrected chi connectivity index (χ4v) is 4.14. The maximum Gasteiger partial charge on any atom is 0.0897 e. The minimum absolute atomic E-state index is 0.615. The zero-order chi connectivity index (χ0) is 13.7. The van der Waals surface area contributed by atoms with E-state index in [9.17, 15) is 0 Å². The van der Waals surface area contributed by atoms with Crippen LogP contribution in [0.1, 0.15) is 56.2 Å². The highest BCUT2D eigenvalue weighted by Gasteiger charge is 2.26. The Hall–Kier alpha value is -0.410. The van der Waals surface area contributed by atoms with Crippen molar-refractivity contribution in [3.63, 3.8) is 0 Å². The Labute approximate surface area is 122 Å². The van der Waals surface area contributed by atoms with E-state index in [4.69, 9.17) is 0 Å². The standard InChI is InChI=1S/C16H28N2S/c1-4-5-13-6-8-14(9-7-13)16(17-3)10-15-11-19-12(2)18-15/h11,13-14,16-17H,4-10H2,1-3H3. The first-order valence-electron chi connectivity index (χ1n) is 7.81. The number of likely N-dealkylation sites (N-methyl/N-ethyl adjacent to an activating group) is 1. The fraction of sp³-hybridized carbons (Fsp3) is 0.812. The van der Waals surface area contributed by atoms with Crippen molar-refractivity contribution in [3.05, 3.63) is 16.1 Å². The average Bonchev–Trinajstić information content (AvgIpc) is 2.83. The van der Waals surface area contributed by atoms with E-state index in [2.05, 4.69) is 36.6 Å². The monoisotopic (exact) mass is 280 g/mol. The lowest BCUT2D eigenvalue weighted by atomic mass is 9.76. The molecular formula is C16H28N2S. The fourth-order valence-electron chi connectivity index (χ4n) is 3.52. The minimum atomic E-state index is 0.615. The molecule has 1 aliphatic carbocycles. The first kappa shape index (κ1) is 15.0. The van der Waals surface area contributed by atoms with Gasteiger partial charge in [-0.15, -0.1) is 11.3 Å². The van der Waals surface area contributed by atoms with Crippen molar-refractivity contribution in [2.45, 2.75) is 64.8 Å². The molecule has 0 aromatic carbocycles. The molecule has 108 valence electrons. The number of aromatic nitrogens is 1. The van der Waals surface area contributed by atoms with Crippen LogP contribution in [0.5, 0.6) is 0 Å². The van der Waals surface area contributed by atoms with Crippen LogP contribution in [-0.2, 0) is 6.42 Å². The molecule has 2 rings (SSSR count). The normalized spacial score (nSPS) is 25.4. The van der Waals surface area contributed by atoms with E-state index in [1.165, 1.54) is 49.2 Å². The molecule has 3 heteroatoms. The first-order valence-corrected chi connectivity index (χ1v) is 8.69. The van der Waals surface area contributed by atoms with Gasteiger partial charge < -0.3 is 5.32 Å². The van der Waals surface area contributed by atoms with E-state index in [1.807, 2.05) is 0 Å². The predicted molar refractivity (Wildman–Crippen MR) is 83.8 cm³/mol. The Balaban J connectivity index is 1.85. The molecule has 0 radical (unpaired) electrons. The highest BCUT2D eigenvalue weighted by Crippen LogP contribution is 2.34. The van der Waals surface area contributed by atoms with Crippen molar-refractivity contribution in [1.29, 1.82) is 0 Å². The molecule has 1 heterocycles. The van der Waals surface area contributed by atoms with Gasteiger partial charge in [0.25, 0.3) is 0 Å². The quantitative estimate of drug-likeness (QED) is 0.845. The minimum Gasteiger partial charge on any atom is -0.316 e. The molecule has 0 aliphatic heterocycles. The van der Waals surface area contributed by atoms with Crippen molar-refractivity contribution in [2.24, 2.45) is 11.8 Å². The summed E-state index contributed by atoms with van der Waals surface area (Å²) in [7, 11) is 2.11. The van der Waals surface area contributed by atoms with Crippen molar-refractivity contribution in [2.75, 3.05) is 7.05 Å². The summed E-state index contributed by atoms with van der Waals surface area (Å²) in [6.07, 6.45) is 9.56. The summed E-state index contributed by atoms with van der Waals surface area (Å²) in [6.45, 7) is 4.41. The SMILES string of the molecule is CCCC1CCC(C(Cc2csc(C)n2)NC)CC1. The van der Waals surface area contributed by atoms with Gasteiger partial charge >= 0.3 is 0 Å². The van der Waals surface area contributed by atoms with Gasteiger partial charge in [-0.3, -0.25) is 0 Å². The third-order valence-corrected chi connectivity index (χ3v) is 5.45. The highest BCUT2D eigenvalue weighted by atomic mass is 32.1. The number of aryl methyl sites for hydroxylation is 1. The molecule has 1 aromatic rings. The van der Waals surface area contributed by atoms with Crippen LogP contribution in [0.25, 0.3) is 0 Å². The van der Waals surface area contributed by atoms with Gasteiger partial charge in [-0.05, 0) is 38.6 Å². The second kappa shape index (κ2) is 7.39. The Bertz CT molecular complexity index is 367. The van der Waals surface area contributed by atoms with Crippen LogP contribution in [0.15, 0.2) is 5.38 Å². The van der Waals surface area contributed by atoms with Crippen LogP contribution >= 0.6 is 11.3 Å². The van der Waals surface area contributed by atoms with Crippen LogP contribution in [0.4, 0.5) is 0 Å². The zero-order valence-electron chi connectivity index (χ0n) is 12.6. The molecule has 1 fully saturated rings. The zero-order valence-corrected chi connectivity index (χ0v) is 13.4. The average molecular weight is 280 g/mol. The third kappa shape index (κ3) is 4.28. The predicted octanol–water partition coefficient (Wildman–Crippen LogP) is 4.19. The van der Waals surface area contributed by atoms with Crippen molar-refractivity contribution in [1.82, 2.24) is 10.3 Å². The lowest BCUT2D eigenvalue weighted by Gasteiger charge is -2.33. The van der Waals surface area contributed by atoms with Gasteiger partial charge in [-0.25, -0.2) is 4.98 Å². The summed E-state index contributed by atoms with van der Waals surface area (Å²) < 4.78 is 0. The van der Waals surface area contributed by atoms with Crippen LogP contribution < -0.4 is 5.32 Å². The van der Waals surface area contributed by atoms with Gasteiger partial charge in [-0.2, -0.15) is 0 Å². The second-order valence-electron chi connectivity index (χ2n) is 6.03. The molecule has 1 N–H and O–H groups in total. The third-order valence-electron chi connectivity index (χ3n) is 4.62. The number of nitrogens with zero attached hydrogens (tertiary/aromatic N) is 1. The number of thiazole rings is 1. The number of rotatable bonds is 6. The Morgan fingerprint density at radius 1 is 1.37 bits per heavy atom. The van der Waals surface area contributed by atoms with Crippen LogP contribution in [0, 0.1) is 18.8 Å². The second-order valence-corrected chi connectivity index (χ2v) is 7.09. The molecule has 1 unspecified atom stereocenters. The van der Waals surface area contributed by atoms with Crippen molar-refractivity contribution in [3.8, 4) is 0 Å². The molecule has 0 spiro atoms. The summed E-state index contributed by atoms with van der Waals surface area (Å²) in [5, 5.41) is 6.96. The molecular weight excluding hydrogens is 252 g/mol. The van der Waals surface area contributed by atoms with Gasteiger partial charge in [-0.1, -0.05) is 32.6 Å². The van der Waals surface area contributed by atoms with Crippen LogP contribution in [0.2, 0.25) is 0 Å². The first-order chi connectivity index (χ1) is 9.22.